The van der Waals surface area contributed by atoms with E-state index in [2.05, 4.69) is 41.3 Å². The minimum Gasteiger partial charge on any atom is -0.348 e. The van der Waals surface area contributed by atoms with Crippen molar-refractivity contribution in [3.05, 3.63) is 53.3 Å². The summed E-state index contributed by atoms with van der Waals surface area (Å²) in [6.45, 7) is 7.81. The van der Waals surface area contributed by atoms with Crippen LogP contribution >= 0.6 is 0 Å². The first kappa shape index (κ1) is 16.2. The Labute approximate surface area is 131 Å². The lowest BCUT2D eigenvalue weighted by atomic mass is 10.1. The van der Waals surface area contributed by atoms with Crippen LogP contribution in [0.1, 0.15) is 35.3 Å². The maximum absolute atomic E-state index is 12.1. The van der Waals surface area contributed by atoms with Crippen LogP contribution in [0.2, 0.25) is 0 Å². The molecule has 0 spiro atoms. The molecule has 0 fully saturated rings. The second-order valence-electron chi connectivity index (χ2n) is 5.32. The predicted molar refractivity (Wildman–Crippen MR) is 87.4 cm³/mol. The first-order valence-corrected chi connectivity index (χ1v) is 7.70. The number of amides is 1. The highest BCUT2D eigenvalue weighted by Crippen LogP contribution is 2.12. The number of carbonyl (C=O) groups excluding carboxylic acids is 1. The molecule has 0 saturated heterocycles. The predicted octanol–water partition coefficient (Wildman–Crippen LogP) is 2.19. The molecule has 1 aromatic carbocycles. The van der Waals surface area contributed by atoms with Gasteiger partial charge in [0, 0.05) is 26.3 Å². The highest BCUT2D eigenvalue weighted by Gasteiger charge is 2.10. The van der Waals surface area contributed by atoms with E-state index in [1.165, 1.54) is 5.56 Å². The summed E-state index contributed by atoms with van der Waals surface area (Å²) in [4.78, 5) is 14.5. The normalized spacial score (nSPS) is 10.9. The van der Waals surface area contributed by atoms with Gasteiger partial charge in [0.25, 0.3) is 5.91 Å². The molecule has 5 nitrogen and oxygen atoms in total. The van der Waals surface area contributed by atoms with Gasteiger partial charge in [-0.25, -0.2) is 0 Å². The van der Waals surface area contributed by atoms with Crippen molar-refractivity contribution in [1.29, 1.82) is 0 Å². The van der Waals surface area contributed by atoms with Gasteiger partial charge in [0.15, 0.2) is 0 Å². The molecule has 0 saturated carbocycles. The molecule has 5 heteroatoms. The Balaban J connectivity index is 2.02. The lowest BCUT2D eigenvalue weighted by Crippen LogP contribution is -2.26. The van der Waals surface area contributed by atoms with Gasteiger partial charge >= 0.3 is 0 Å². The van der Waals surface area contributed by atoms with E-state index in [1.54, 1.807) is 24.1 Å². The molecule has 118 valence electrons. The van der Waals surface area contributed by atoms with Gasteiger partial charge < -0.3 is 5.32 Å². The fourth-order valence-electron chi connectivity index (χ4n) is 2.39. The van der Waals surface area contributed by atoms with Crippen molar-refractivity contribution in [2.45, 2.75) is 26.9 Å². The quantitative estimate of drug-likeness (QED) is 0.853. The van der Waals surface area contributed by atoms with Crippen molar-refractivity contribution >= 4 is 5.91 Å². The minimum absolute atomic E-state index is 0.0919. The number of carbonyl (C=O) groups is 1. The summed E-state index contributed by atoms with van der Waals surface area (Å²) in [5.74, 6) is -0.0919. The van der Waals surface area contributed by atoms with E-state index in [9.17, 15) is 4.79 Å². The summed E-state index contributed by atoms with van der Waals surface area (Å²) in [5.41, 5.74) is 3.01. The van der Waals surface area contributed by atoms with E-state index in [4.69, 9.17) is 0 Å². The zero-order valence-corrected chi connectivity index (χ0v) is 13.5. The van der Waals surface area contributed by atoms with Crippen LogP contribution in [0.4, 0.5) is 0 Å². The standard InChI is InChI=1S/C17H24N4O/c1-4-21(5-2)13-15-9-7-6-8-14(15)10-18-17(22)16-11-19-20(3)12-16/h6-9,11-12H,4-5,10,13H2,1-3H3,(H,18,22). The van der Waals surface area contributed by atoms with Crippen molar-refractivity contribution in [1.82, 2.24) is 20.0 Å². The van der Waals surface area contributed by atoms with E-state index in [0.29, 0.717) is 12.1 Å². The maximum Gasteiger partial charge on any atom is 0.254 e. The van der Waals surface area contributed by atoms with E-state index < -0.39 is 0 Å². The van der Waals surface area contributed by atoms with E-state index in [-0.39, 0.29) is 5.91 Å². The Kier molecular flexibility index (Phi) is 5.72. The Hall–Kier alpha value is -2.14. The number of aryl methyl sites for hydroxylation is 1. The smallest absolute Gasteiger partial charge is 0.254 e. The number of hydrogen-bond donors (Lipinski definition) is 1. The fraction of sp³-hybridized carbons (Fsp3) is 0.412. The van der Waals surface area contributed by atoms with Crippen LogP contribution < -0.4 is 5.32 Å². The van der Waals surface area contributed by atoms with Gasteiger partial charge in [-0.15, -0.1) is 0 Å². The van der Waals surface area contributed by atoms with Crippen molar-refractivity contribution < 1.29 is 4.79 Å². The number of benzene rings is 1. The zero-order chi connectivity index (χ0) is 15.9. The molecule has 0 bridgehead atoms. The number of nitrogens with one attached hydrogen (secondary N) is 1. The molecule has 2 aromatic rings. The summed E-state index contributed by atoms with van der Waals surface area (Å²) in [6.07, 6.45) is 3.30. The second kappa shape index (κ2) is 7.75. The van der Waals surface area contributed by atoms with Gasteiger partial charge in [-0.3, -0.25) is 14.4 Å². The molecular weight excluding hydrogens is 276 g/mol. The highest BCUT2D eigenvalue weighted by molar-refractivity contribution is 5.93. The van der Waals surface area contributed by atoms with E-state index in [1.807, 2.05) is 12.1 Å². The molecular formula is C17H24N4O. The summed E-state index contributed by atoms with van der Waals surface area (Å²) in [7, 11) is 1.80. The monoisotopic (exact) mass is 300 g/mol. The molecule has 1 heterocycles. The van der Waals surface area contributed by atoms with Crippen LogP contribution in [0, 0.1) is 0 Å². The van der Waals surface area contributed by atoms with Gasteiger partial charge in [0.2, 0.25) is 0 Å². The average Bonchev–Trinajstić information content (AvgIpc) is 2.97. The number of aromatic nitrogens is 2. The van der Waals surface area contributed by atoms with Crippen LogP contribution in [-0.4, -0.2) is 33.7 Å². The Morgan fingerprint density at radius 2 is 1.91 bits per heavy atom. The summed E-state index contributed by atoms with van der Waals surface area (Å²) >= 11 is 0. The van der Waals surface area contributed by atoms with Crippen LogP contribution in [0.25, 0.3) is 0 Å². The van der Waals surface area contributed by atoms with Crippen LogP contribution in [0.5, 0.6) is 0 Å². The second-order valence-corrected chi connectivity index (χ2v) is 5.32. The molecule has 0 atom stereocenters. The van der Waals surface area contributed by atoms with Crippen LogP contribution in [0.15, 0.2) is 36.7 Å². The molecule has 1 aromatic heterocycles. The Morgan fingerprint density at radius 1 is 1.23 bits per heavy atom. The molecule has 22 heavy (non-hydrogen) atoms. The summed E-state index contributed by atoms with van der Waals surface area (Å²) in [5, 5.41) is 6.99. The van der Waals surface area contributed by atoms with Crippen LogP contribution in [0.3, 0.4) is 0 Å². The third-order valence-corrected chi connectivity index (χ3v) is 3.81. The molecule has 0 unspecified atom stereocenters. The van der Waals surface area contributed by atoms with Crippen molar-refractivity contribution in [3.8, 4) is 0 Å². The third-order valence-electron chi connectivity index (χ3n) is 3.81. The first-order valence-electron chi connectivity index (χ1n) is 7.70. The van der Waals surface area contributed by atoms with Crippen molar-refractivity contribution in [2.24, 2.45) is 7.05 Å². The lowest BCUT2D eigenvalue weighted by Gasteiger charge is -2.20. The molecule has 0 aliphatic carbocycles. The average molecular weight is 300 g/mol. The van der Waals surface area contributed by atoms with Gasteiger partial charge in [-0.1, -0.05) is 38.1 Å². The van der Waals surface area contributed by atoms with Crippen molar-refractivity contribution in [3.63, 3.8) is 0 Å². The number of hydrogen-bond acceptors (Lipinski definition) is 3. The molecule has 0 aliphatic heterocycles. The SMILES string of the molecule is CCN(CC)Cc1ccccc1CNC(=O)c1cnn(C)c1. The third kappa shape index (κ3) is 4.18. The number of nitrogens with zero attached hydrogens (tertiary/aromatic N) is 3. The Bertz CT molecular complexity index is 617. The zero-order valence-electron chi connectivity index (χ0n) is 13.5. The maximum atomic E-state index is 12.1. The largest absolute Gasteiger partial charge is 0.348 e. The van der Waals surface area contributed by atoms with E-state index in [0.717, 1.165) is 25.2 Å². The van der Waals surface area contributed by atoms with Crippen LogP contribution in [-0.2, 0) is 20.1 Å². The van der Waals surface area contributed by atoms with Crippen molar-refractivity contribution in [2.75, 3.05) is 13.1 Å². The molecule has 2 rings (SSSR count). The Morgan fingerprint density at radius 3 is 2.50 bits per heavy atom. The number of rotatable bonds is 7. The molecule has 0 aliphatic rings. The van der Waals surface area contributed by atoms with Gasteiger partial charge in [0.1, 0.15) is 0 Å². The van der Waals surface area contributed by atoms with Gasteiger partial charge in [-0.2, -0.15) is 5.10 Å². The van der Waals surface area contributed by atoms with Gasteiger partial charge in [0.05, 0.1) is 11.8 Å². The summed E-state index contributed by atoms with van der Waals surface area (Å²) < 4.78 is 1.63. The highest BCUT2D eigenvalue weighted by atomic mass is 16.1. The molecule has 0 radical (unpaired) electrons. The molecule has 1 N–H and O–H groups in total. The first-order chi connectivity index (χ1) is 10.6. The topological polar surface area (TPSA) is 50.2 Å². The summed E-state index contributed by atoms with van der Waals surface area (Å²) in [6, 6.07) is 8.26. The lowest BCUT2D eigenvalue weighted by molar-refractivity contribution is 0.0950. The molecule has 1 amide bonds. The fourth-order valence-corrected chi connectivity index (χ4v) is 2.39. The van der Waals surface area contributed by atoms with E-state index >= 15 is 0 Å². The minimum atomic E-state index is -0.0919. The van der Waals surface area contributed by atoms with Gasteiger partial charge in [-0.05, 0) is 24.2 Å².